The van der Waals surface area contributed by atoms with E-state index in [0.29, 0.717) is 18.7 Å². The second-order valence-corrected chi connectivity index (χ2v) is 2.34. The van der Waals surface area contributed by atoms with Gasteiger partial charge in [-0.25, -0.2) is 5.10 Å². The molecule has 0 atom stereocenters. The Bertz CT molecular complexity index is 284. The molecule has 0 saturated carbocycles. The fraction of sp³-hybridized carbons (Fsp3) is 0.429. The second-order valence-electron chi connectivity index (χ2n) is 2.34. The zero-order valence-electron chi connectivity index (χ0n) is 6.58. The molecule has 5 nitrogen and oxygen atoms in total. The van der Waals surface area contributed by atoms with Crippen molar-refractivity contribution in [1.29, 1.82) is 0 Å². The van der Waals surface area contributed by atoms with Gasteiger partial charge in [0.2, 0.25) is 0 Å². The molecule has 1 rings (SSSR count). The summed E-state index contributed by atoms with van der Waals surface area (Å²) in [6.45, 7) is 0.783. The van der Waals surface area contributed by atoms with E-state index in [1.165, 1.54) is 12.3 Å². The van der Waals surface area contributed by atoms with E-state index in [1.807, 2.05) is 0 Å². The molecule has 0 aliphatic heterocycles. The molecule has 0 aromatic carbocycles. The first-order valence-electron chi connectivity index (χ1n) is 3.72. The van der Waals surface area contributed by atoms with E-state index in [9.17, 15) is 4.79 Å². The van der Waals surface area contributed by atoms with Crippen LogP contribution in [-0.2, 0) is 0 Å². The number of aromatic amines is 1. The highest BCUT2D eigenvalue weighted by atomic mass is 16.3. The number of aromatic nitrogens is 2. The SMILES string of the molecule is O=c1cc(NCCCO)cn[nH]1. The highest BCUT2D eigenvalue weighted by Crippen LogP contribution is 1.97. The van der Waals surface area contributed by atoms with E-state index >= 15 is 0 Å². The molecule has 0 aliphatic rings. The minimum atomic E-state index is -0.232. The summed E-state index contributed by atoms with van der Waals surface area (Å²) in [6, 6.07) is 1.42. The fourth-order valence-electron chi connectivity index (χ4n) is 0.785. The number of rotatable bonds is 4. The third-order valence-electron chi connectivity index (χ3n) is 1.33. The first-order valence-corrected chi connectivity index (χ1v) is 3.72. The standard InChI is InChI=1S/C7H11N3O2/c11-3-1-2-8-6-4-7(12)10-9-5-6/h4-5,11H,1-3H2,(H2,8,10,12). The zero-order chi connectivity index (χ0) is 8.81. The quantitative estimate of drug-likeness (QED) is 0.534. The molecule has 5 heteroatoms. The molecule has 0 spiro atoms. The van der Waals surface area contributed by atoms with Crippen LogP contribution in [-0.4, -0.2) is 28.5 Å². The Labute approximate surface area is 69.4 Å². The van der Waals surface area contributed by atoms with Crippen LogP contribution in [0.25, 0.3) is 0 Å². The van der Waals surface area contributed by atoms with Crippen molar-refractivity contribution in [2.45, 2.75) is 6.42 Å². The van der Waals surface area contributed by atoms with Crippen LogP contribution in [0.5, 0.6) is 0 Å². The minimum Gasteiger partial charge on any atom is -0.396 e. The van der Waals surface area contributed by atoms with Gasteiger partial charge in [0, 0.05) is 19.2 Å². The van der Waals surface area contributed by atoms with Crippen LogP contribution in [0.4, 0.5) is 5.69 Å². The van der Waals surface area contributed by atoms with Crippen molar-refractivity contribution in [2.75, 3.05) is 18.5 Å². The van der Waals surface area contributed by atoms with Crippen molar-refractivity contribution in [1.82, 2.24) is 10.2 Å². The van der Waals surface area contributed by atoms with Crippen LogP contribution in [0.2, 0.25) is 0 Å². The Morgan fingerprint density at radius 2 is 2.50 bits per heavy atom. The van der Waals surface area contributed by atoms with Crippen molar-refractivity contribution in [3.05, 3.63) is 22.6 Å². The average Bonchev–Trinajstić information content (AvgIpc) is 2.05. The summed E-state index contributed by atoms with van der Waals surface area (Å²) < 4.78 is 0. The first kappa shape index (κ1) is 8.73. The van der Waals surface area contributed by atoms with Gasteiger partial charge in [-0.3, -0.25) is 4.79 Å². The molecule has 0 aliphatic carbocycles. The minimum absolute atomic E-state index is 0.142. The van der Waals surface area contributed by atoms with Crippen molar-refractivity contribution < 1.29 is 5.11 Å². The lowest BCUT2D eigenvalue weighted by Crippen LogP contribution is -2.10. The van der Waals surface area contributed by atoms with Gasteiger partial charge in [-0.2, -0.15) is 5.10 Å². The Balaban J connectivity index is 2.47. The predicted molar refractivity (Wildman–Crippen MR) is 45.1 cm³/mol. The Morgan fingerprint density at radius 1 is 1.67 bits per heavy atom. The lowest BCUT2D eigenvalue weighted by Gasteiger charge is -2.02. The van der Waals surface area contributed by atoms with Gasteiger partial charge in [-0.1, -0.05) is 0 Å². The maximum Gasteiger partial charge on any atom is 0.266 e. The largest absolute Gasteiger partial charge is 0.396 e. The topological polar surface area (TPSA) is 78.0 Å². The molecule has 1 aromatic rings. The van der Waals surface area contributed by atoms with E-state index in [2.05, 4.69) is 15.5 Å². The molecule has 0 bridgehead atoms. The summed E-state index contributed by atoms with van der Waals surface area (Å²) in [5, 5.41) is 17.3. The van der Waals surface area contributed by atoms with Crippen LogP contribution in [0, 0.1) is 0 Å². The number of aliphatic hydroxyl groups excluding tert-OH is 1. The molecular weight excluding hydrogens is 158 g/mol. The van der Waals surface area contributed by atoms with Gasteiger partial charge in [0.15, 0.2) is 0 Å². The van der Waals surface area contributed by atoms with Crippen LogP contribution in [0.15, 0.2) is 17.1 Å². The van der Waals surface area contributed by atoms with E-state index in [0.717, 1.165) is 0 Å². The number of nitrogens with one attached hydrogen (secondary N) is 2. The van der Waals surface area contributed by atoms with Gasteiger partial charge in [0.25, 0.3) is 5.56 Å². The fourth-order valence-corrected chi connectivity index (χ4v) is 0.785. The van der Waals surface area contributed by atoms with Crippen LogP contribution in [0.3, 0.4) is 0 Å². The van der Waals surface area contributed by atoms with Crippen LogP contribution in [0.1, 0.15) is 6.42 Å². The second kappa shape index (κ2) is 4.50. The van der Waals surface area contributed by atoms with Gasteiger partial charge < -0.3 is 10.4 Å². The Morgan fingerprint density at radius 3 is 3.17 bits per heavy atom. The molecule has 0 fully saturated rings. The molecule has 66 valence electrons. The lowest BCUT2D eigenvalue weighted by molar-refractivity contribution is 0.292. The highest BCUT2D eigenvalue weighted by Gasteiger charge is 1.91. The van der Waals surface area contributed by atoms with Crippen molar-refractivity contribution in [3.8, 4) is 0 Å². The van der Waals surface area contributed by atoms with Crippen LogP contribution < -0.4 is 10.9 Å². The average molecular weight is 169 g/mol. The normalized spacial score (nSPS) is 9.75. The van der Waals surface area contributed by atoms with Gasteiger partial charge in [-0.05, 0) is 6.42 Å². The molecule has 0 saturated heterocycles. The molecule has 1 aromatic heterocycles. The third-order valence-corrected chi connectivity index (χ3v) is 1.33. The molecule has 12 heavy (non-hydrogen) atoms. The van der Waals surface area contributed by atoms with E-state index in [1.54, 1.807) is 0 Å². The van der Waals surface area contributed by atoms with Gasteiger partial charge in [-0.15, -0.1) is 0 Å². The molecule has 1 heterocycles. The van der Waals surface area contributed by atoms with Crippen molar-refractivity contribution in [3.63, 3.8) is 0 Å². The lowest BCUT2D eigenvalue weighted by atomic mass is 10.4. The van der Waals surface area contributed by atoms with Gasteiger partial charge in [0.1, 0.15) is 0 Å². The number of anilines is 1. The maximum atomic E-state index is 10.7. The molecule has 0 amide bonds. The van der Waals surface area contributed by atoms with Crippen molar-refractivity contribution in [2.24, 2.45) is 0 Å². The molecular formula is C7H11N3O2. The number of hydrogen-bond donors (Lipinski definition) is 3. The first-order chi connectivity index (χ1) is 5.83. The van der Waals surface area contributed by atoms with Gasteiger partial charge in [0.05, 0.1) is 11.9 Å². The van der Waals surface area contributed by atoms with E-state index in [-0.39, 0.29) is 12.2 Å². The predicted octanol–water partition coefficient (Wildman–Crippen LogP) is -0.436. The zero-order valence-corrected chi connectivity index (χ0v) is 6.58. The summed E-state index contributed by atoms with van der Waals surface area (Å²) >= 11 is 0. The van der Waals surface area contributed by atoms with Crippen LogP contribution >= 0.6 is 0 Å². The summed E-state index contributed by atoms with van der Waals surface area (Å²) in [7, 11) is 0. The summed E-state index contributed by atoms with van der Waals surface area (Å²) in [6.07, 6.45) is 2.19. The van der Waals surface area contributed by atoms with E-state index < -0.39 is 0 Å². The smallest absolute Gasteiger partial charge is 0.266 e. The molecule has 3 N–H and O–H groups in total. The Kier molecular flexibility index (Phi) is 3.28. The Hall–Kier alpha value is -1.36. The van der Waals surface area contributed by atoms with E-state index in [4.69, 9.17) is 5.11 Å². The molecule has 0 radical (unpaired) electrons. The summed E-state index contributed by atoms with van der Waals surface area (Å²) in [5.41, 5.74) is 0.441. The number of hydrogen-bond acceptors (Lipinski definition) is 4. The monoisotopic (exact) mass is 169 g/mol. The number of nitrogens with zero attached hydrogens (tertiary/aromatic N) is 1. The van der Waals surface area contributed by atoms with Gasteiger partial charge >= 0.3 is 0 Å². The van der Waals surface area contributed by atoms with Crippen molar-refractivity contribution >= 4 is 5.69 Å². The highest BCUT2D eigenvalue weighted by molar-refractivity contribution is 5.38. The number of aliphatic hydroxyl groups is 1. The maximum absolute atomic E-state index is 10.7. The summed E-state index contributed by atoms with van der Waals surface area (Å²) in [5.74, 6) is 0. The molecule has 0 unspecified atom stereocenters. The number of H-pyrrole nitrogens is 1. The summed E-state index contributed by atoms with van der Waals surface area (Å²) in [4.78, 5) is 10.7. The third kappa shape index (κ3) is 2.71.